The molecule has 1 aromatic carbocycles. The Balaban J connectivity index is 2.93. The topological polar surface area (TPSA) is 75.3 Å². The first-order valence-corrected chi connectivity index (χ1v) is 3.48. The Morgan fingerprint density at radius 1 is 1.58 bits per heavy atom. The second kappa shape index (κ2) is 3.85. The molecule has 0 atom stereocenters. The molecular weight excluding hydrogens is 156 g/mol. The van der Waals surface area contributed by atoms with Gasteiger partial charge in [-0.05, 0) is 17.7 Å². The summed E-state index contributed by atoms with van der Waals surface area (Å²) in [6.07, 6.45) is 0. The average molecular weight is 166 g/mol. The molecule has 0 fully saturated rings. The largest absolute Gasteiger partial charge is 0.392 e. The molecular formula is C8H10N2O2. The molecule has 1 rings (SSSR count). The summed E-state index contributed by atoms with van der Waals surface area (Å²) in [5.41, 5.74) is 3.15. The predicted octanol–water partition coefficient (Wildman–Crippen LogP) is -0.218. The number of hydrogen-bond acceptors (Lipinski definition) is 3. The fourth-order valence-electron chi connectivity index (χ4n) is 0.894. The summed E-state index contributed by atoms with van der Waals surface area (Å²) in [6, 6.07) is 6.63. The van der Waals surface area contributed by atoms with E-state index in [4.69, 9.17) is 10.9 Å². The van der Waals surface area contributed by atoms with Gasteiger partial charge in [0.25, 0.3) is 5.91 Å². The van der Waals surface area contributed by atoms with Crippen molar-refractivity contribution in [3.8, 4) is 0 Å². The van der Waals surface area contributed by atoms with Crippen LogP contribution in [0.2, 0.25) is 0 Å². The van der Waals surface area contributed by atoms with E-state index in [1.807, 2.05) is 5.43 Å². The van der Waals surface area contributed by atoms with Gasteiger partial charge in [0.15, 0.2) is 0 Å². The van der Waals surface area contributed by atoms with Crippen molar-refractivity contribution < 1.29 is 9.90 Å². The molecule has 12 heavy (non-hydrogen) atoms. The summed E-state index contributed by atoms with van der Waals surface area (Å²) >= 11 is 0. The third-order valence-corrected chi connectivity index (χ3v) is 1.50. The highest BCUT2D eigenvalue weighted by Gasteiger charge is 2.02. The van der Waals surface area contributed by atoms with E-state index < -0.39 is 0 Å². The second-order valence-corrected chi connectivity index (χ2v) is 2.33. The van der Waals surface area contributed by atoms with Gasteiger partial charge in [0.05, 0.1) is 6.61 Å². The van der Waals surface area contributed by atoms with Gasteiger partial charge >= 0.3 is 0 Å². The van der Waals surface area contributed by atoms with E-state index in [2.05, 4.69) is 0 Å². The smallest absolute Gasteiger partial charge is 0.265 e. The Morgan fingerprint density at radius 3 is 2.92 bits per heavy atom. The SMILES string of the molecule is NNC(=O)c1cccc(CO)c1. The zero-order valence-electron chi connectivity index (χ0n) is 6.45. The fraction of sp³-hybridized carbons (Fsp3) is 0.125. The molecule has 0 aliphatic rings. The lowest BCUT2D eigenvalue weighted by Crippen LogP contribution is -2.29. The third-order valence-electron chi connectivity index (χ3n) is 1.50. The van der Waals surface area contributed by atoms with Gasteiger partial charge in [-0.25, -0.2) is 5.84 Å². The van der Waals surface area contributed by atoms with Crippen LogP contribution in [0.1, 0.15) is 15.9 Å². The van der Waals surface area contributed by atoms with Crippen LogP contribution in [0.4, 0.5) is 0 Å². The van der Waals surface area contributed by atoms with E-state index in [0.29, 0.717) is 11.1 Å². The van der Waals surface area contributed by atoms with Crippen LogP contribution in [0.5, 0.6) is 0 Å². The number of nitrogens with one attached hydrogen (secondary N) is 1. The van der Waals surface area contributed by atoms with E-state index >= 15 is 0 Å². The van der Waals surface area contributed by atoms with Gasteiger partial charge in [0.2, 0.25) is 0 Å². The summed E-state index contributed by atoms with van der Waals surface area (Å²) in [6.45, 7) is -0.0777. The number of carbonyl (C=O) groups is 1. The van der Waals surface area contributed by atoms with Gasteiger partial charge in [-0.3, -0.25) is 10.2 Å². The molecule has 64 valence electrons. The first-order chi connectivity index (χ1) is 5.77. The Kier molecular flexibility index (Phi) is 2.79. The Morgan fingerprint density at radius 2 is 2.33 bits per heavy atom. The molecule has 0 aromatic heterocycles. The van der Waals surface area contributed by atoms with E-state index in [0.717, 1.165) is 0 Å². The minimum Gasteiger partial charge on any atom is -0.392 e. The minimum absolute atomic E-state index is 0.0777. The second-order valence-electron chi connectivity index (χ2n) is 2.33. The lowest BCUT2D eigenvalue weighted by atomic mass is 10.1. The van der Waals surface area contributed by atoms with Crippen molar-refractivity contribution in [2.24, 2.45) is 5.84 Å². The molecule has 0 saturated carbocycles. The van der Waals surface area contributed by atoms with Crippen LogP contribution in [0.3, 0.4) is 0 Å². The predicted molar refractivity (Wildman–Crippen MR) is 44.0 cm³/mol. The molecule has 4 nitrogen and oxygen atoms in total. The molecule has 1 aromatic rings. The molecule has 0 unspecified atom stereocenters. The normalized spacial score (nSPS) is 9.50. The van der Waals surface area contributed by atoms with E-state index in [9.17, 15) is 4.79 Å². The number of benzene rings is 1. The maximum Gasteiger partial charge on any atom is 0.265 e. The van der Waals surface area contributed by atoms with Crippen molar-refractivity contribution in [3.63, 3.8) is 0 Å². The van der Waals surface area contributed by atoms with Gasteiger partial charge in [-0.2, -0.15) is 0 Å². The van der Waals surface area contributed by atoms with Crippen molar-refractivity contribution in [3.05, 3.63) is 35.4 Å². The summed E-state index contributed by atoms with van der Waals surface area (Å²) in [7, 11) is 0. The van der Waals surface area contributed by atoms with Gasteiger partial charge in [0.1, 0.15) is 0 Å². The van der Waals surface area contributed by atoms with Crippen LogP contribution in [0.25, 0.3) is 0 Å². The zero-order valence-corrected chi connectivity index (χ0v) is 6.45. The van der Waals surface area contributed by atoms with Crippen LogP contribution in [0, 0.1) is 0 Å². The number of hydrogen-bond donors (Lipinski definition) is 3. The summed E-state index contributed by atoms with van der Waals surface area (Å²) in [4.78, 5) is 11.0. The maximum atomic E-state index is 11.0. The third kappa shape index (κ3) is 1.81. The molecule has 0 spiro atoms. The van der Waals surface area contributed by atoms with Crippen molar-refractivity contribution in [1.29, 1.82) is 0 Å². The zero-order chi connectivity index (χ0) is 8.97. The van der Waals surface area contributed by atoms with Crippen molar-refractivity contribution in [1.82, 2.24) is 5.43 Å². The van der Waals surface area contributed by atoms with E-state index in [-0.39, 0.29) is 12.5 Å². The lowest BCUT2D eigenvalue weighted by Gasteiger charge is -2.00. The number of amides is 1. The highest BCUT2D eigenvalue weighted by Crippen LogP contribution is 2.04. The summed E-state index contributed by atoms with van der Waals surface area (Å²) in [5.74, 6) is 4.58. The van der Waals surface area contributed by atoms with Crippen molar-refractivity contribution in [2.75, 3.05) is 0 Å². The standard InChI is InChI=1S/C8H10N2O2/c9-10-8(12)7-3-1-2-6(4-7)5-11/h1-4,11H,5,9H2,(H,10,12). The monoisotopic (exact) mass is 166 g/mol. The number of nitrogen functional groups attached to an aromatic ring is 1. The van der Waals surface area contributed by atoms with Gasteiger partial charge in [-0.15, -0.1) is 0 Å². The number of aliphatic hydroxyl groups is 1. The summed E-state index contributed by atoms with van der Waals surface area (Å²) < 4.78 is 0. The minimum atomic E-state index is -0.356. The molecule has 0 aliphatic carbocycles. The number of hydrazine groups is 1. The maximum absolute atomic E-state index is 11.0. The highest BCUT2D eigenvalue weighted by atomic mass is 16.3. The fourth-order valence-corrected chi connectivity index (χ4v) is 0.894. The molecule has 4 heteroatoms. The Labute approximate surface area is 70.0 Å². The molecule has 0 aliphatic heterocycles. The quantitative estimate of drug-likeness (QED) is 0.323. The average Bonchev–Trinajstić information content (AvgIpc) is 2.17. The Hall–Kier alpha value is -1.39. The van der Waals surface area contributed by atoms with Crippen LogP contribution in [-0.4, -0.2) is 11.0 Å². The molecule has 4 N–H and O–H groups in total. The molecule has 0 bridgehead atoms. The highest BCUT2D eigenvalue weighted by molar-refractivity contribution is 5.93. The van der Waals surface area contributed by atoms with Crippen molar-refractivity contribution >= 4 is 5.91 Å². The Bertz CT molecular complexity index is 286. The van der Waals surface area contributed by atoms with Crippen LogP contribution in [-0.2, 0) is 6.61 Å². The van der Waals surface area contributed by atoms with E-state index in [1.165, 1.54) is 0 Å². The number of nitrogens with two attached hydrogens (primary N) is 1. The first-order valence-electron chi connectivity index (χ1n) is 3.48. The number of carbonyl (C=O) groups excluding carboxylic acids is 1. The van der Waals surface area contributed by atoms with Gasteiger partial charge < -0.3 is 5.11 Å². The van der Waals surface area contributed by atoms with Crippen LogP contribution >= 0.6 is 0 Å². The molecule has 0 heterocycles. The van der Waals surface area contributed by atoms with Gasteiger partial charge in [0, 0.05) is 5.56 Å². The molecule has 0 saturated heterocycles. The van der Waals surface area contributed by atoms with Crippen LogP contribution in [0.15, 0.2) is 24.3 Å². The summed E-state index contributed by atoms with van der Waals surface area (Å²) in [5, 5.41) is 8.75. The van der Waals surface area contributed by atoms with E-state index in [1.54, 1.807) is 24.3 Å². The number of rotatable bonds is 2. The van der Waals surface area contributed by atoms with Crippen LogP contribution < -0.4 is 11.3 Å². The molecule has 0 radical (unpaired) electrons. The number of aliphatic hydroxyl groups excluding tert-OH is 1. The van der Waals surface area contributed by atoms with Crippen molar-refractivity contribution in [2.45, 2.75) is 6.61 Å². The lowest BCUT2D eigenvalue weighted by molar-refractivity contribution is 0.0953. The van der Waals surface area contributed by atoms with Gasteiger partial charge in [-0.1, -0.05) is 12.1 Å². The molecule has 1 amide bonds. The first kappa shape index (κ1) is 8.70.